The number of carbonyl (C=O) groups is 16. The Labute approximate surface area is 546 Å². The fourth-order valence-corrected chi connectivity index (χ4v) is 9.00. The van der Waals surface area contributed by atoms with E-state index in [0.717, 1.165) is 13.8 Å². The lowest BCUT2D eigenvalue weighted by atomic mass is 9.96. The normalized spacial score (nSPS) is 16.1. The monoisotopic (exact) mass is 1370 g/mol. The highest BCUT2D eigenvalue weighted by Crippen LogP contribution is 2.13. The molecule has 15 atom stereocenters. The summed E-state index contributed by atoms with van der Waals surface area (Å²) >= 11 is 9.33. The van der Waals surface area contributed by atoms with Crippen molar-refractivity contribution in [1.29, 1.82) is 0 Å². The van der Waals surface area contributed by atoms with Crippen molar-refractivity contribution in [2.45, 2.75) is 192 Å². The molecular formula is C54H91N13O22S3. The van der Waals surface area contributed by atoms with Crippen molar-refractivity contribution >= 4 is 132 Å². The van der Waals surface area contributed by atoms with Gasteiger partial charge in [0.05, 0.1) is 37.6 Å². The minimum Gasteiger partial charge on any atom is -0.481 e. The summed E-state index contributed by atoms with van der Waals surface area (Å²) in [6, 6.07) is -19.1. The molecule has 0 aliphatic heterocycles. The summed E-state index contributed by atoms with van der Waals surface area (Å²) < 4.78 is 0. The Kier molecular flexibility index (Phi) is 39.1. The van der Waals surface area contributed by atoms with Gasteiger partial charge in [-0.2, -0.15) is 37.0 Å². The molecule has 0 saturated heterocycles. The SMILES string of the molecule is CC[C@H](C)[C@H](NC(=O)[C@@H](NC(=O)[C@H](CCC(=O)O)NC(=O)[C@H](C)NC(=O)[C@H](CCSC)NC(=O)[C@H](CS)NC(=O)[C@@H](NC(=O)[C@@H](NC(=O)[C@@H](N)CS)[C@@H](C)O)[C@@H](C)O)C(C)C)C(=O)NCC(=O)N[C@@H](CC(=O)O)C(=O)N[C@@H](CC(=O)O)C(=O)N[C@@H](CC(C)C)C(=O)O. The predicted octanol–water partition coefficient (Wildman–Crippen LogP) is -6.20. The largest absolute Gasteiger partial charge is 0.481 e. The van der Waals surface area contributed by atoms with Gasteiger partial charge in [-0.3, -0.25) is 71.9 Å². The van der Waals surface area contributed by atoms with Crippen LogP contribution < -0.4 is 69.5 Å². The fourth-order valence-electron chi connectivity index (χ4n) is 8.10. The van der Waals surface area contributed by atoms with Gasteiger partial charge in [-0.25, -0.2) is 4.79 Å². The third-order valence-electron chi connectivity index (χ3n) is 13.6. The number of thiol groups is 2. The van der Waals surface area contributed by atoms with Crippen molar-refractivity contribution in [2.75, 3.05) is 30.1 Å². The number of hydrogen-bond donors (Lipinski definition) is 21. The van der Waals surface area contributed by atoms with Crippen molar-refractivity contribution in [3.05, 3.63) is 0 Å². The molecule has 0 unspecified atom stereocenters. The van der Waals surface area contributed by atoms with Crippen LogP contribution in [0.2, 0.25) is 0 Å². The number of aliphatic hydroxyl groups is 2. The Bertz CT molecular complexity index is 2600. The summed E-state index contributed by atoms with van der Waals surface area (Å²) in [6.45, 7) is 12.0. The van der Waals surface area contributed by atoms with E-state index in [0.29, 0.717) is 0 Å². The molecule has 0 radical (unpaired) electrons. The first-order valence-electron chi connectivity index (χ1n) is 29.1. The lowest BCUT2D eigenvalue weighted by molar-refractivity contribution is -0.145. The molecule has 0 aromatic heterocycles. The first-order chi connectivity index (χ1) is 42.8. The second-order valence-electron chi connectivity index (χ2n) is 22.3. The Hall–Kier alpha value is -7.55. The molecule has 0 aromatic rings. The lowest BCUT2D eigenvalue weighted by Gasteiger charge is -2.29. The molecule has 92 heavy (non-hydrogen) atoms. The Morgan fingerprint density at radius 2 is 0.859 bits per heavy atom. The molecule has 0 saturated carbocycles. The van der Waals surface area contributed by atoms with E-state index in [-0.39, 0.29) is 36.7 Å². The van der Waals surface area contributed by atoms with E-state index >= 15 is 0 Å². The average molecular weight is 1370 g/mol. The van der Waals surface area contributed by atoms with Crippen LogP contribution in [0.5, 0.6) is 0 Å². The minimum absolute atomic E-state index is 0.0647. The van der Waals surface area contributed by atoms with Crippen LogP contribution in [0.15, 0.2) is 0 Å². The number of amides is 12. The topological polar surface area (TPSA) is 565 Å². The molecule has 0 rings (SSSR count). The van der Waals surface area contributed by atoms with Crippen LogP contribution in [-0.2, 0) is 76.7 Å². The van der Waals surface area contributed by atoms with Gasteiger partial charge in [-0.05, 0) is 69.8 Å². The molecule has 20 N–H and O–H groups in total. The first kappa shape index (κ1) is 84.5. The molecule has 35 nitrogen and oxygen atoms in total. The number of thioether (sulfide) groups is 1. The van der Waals surface area contributed by atoms with Gasteiger partial charge in [0, 0.05) is 17.9 Å². The number of nitrogens with two attached hydrogens (primary N) is 1. The van der Waals surface area contributed by atoms with Crippen LogP contribution >= 0.6 is 37.0 Å². The number of carboxylic acid groups (broad SMARTS) is 4. The van der Waals surface area contributed by atoms with Gasteiger partial charge in [0.2, 0.25) is 70.9 Å². The molecule has 0 fully saturated rings. The van der Waals surface area contributed by atoms with Gasteiger partial charge in [0.25, 0.3) is 0 Å². The quantitative estimate of drug-likeness (QED) is 0.0252. The second kappa shape index (κ2) is 42.6. The van der Waals surface area contributed by atoms with E-state index in [1.54, 1.807) is 27.0 Å². The molecule has 38 heteroatoms. The van der Waals surface area contributed by atoms with Gasteiger partial charge in [0.1, 0.15) is 66.5 Å². The third kappa shape index (κ3) is 31.2. The molecule has 0 aliphatic carbocycles. The summed E-state index contributed by atoms with van der Waals surface area (Å²) in [5.74, 6) is -21.1. The average Bonchev–Trinajstić information content (AvgIpc) is 2.25. The summed E-state index contributed by atoms with van der Waals surface area (Å²) in [6.07, 6.45) is -4.87. The zero-order chi connectivity index (χ0) is 71.0. The molecule has 12 amide bonds. The molecule has 0 aromatic carbocycles. The van der Waals surface area contributed by atoms with Gasteiger partial charge < -0.3 is 100 Å². The number of hydrogen-bond acceptors (Lipinski definition) is 22. The van der Waals surface area contributed by atoms with Crippen LogP contribution in [0.4, 0.5) is 0 Å². The highest BCUT2D eigenvalue weighted by molar-refractivity contribution is 7.98. The maximum atomic E-state index is 14.0. The van der Waals surface area contributed by atoms with Crippen LogP contribution in [0.3, 0.4) is 0 Å². The molecular weight excluding hydrogens is 1280 g/mol. The van der Waals surface area contributed by atoms with Gasteiger partial charge in [-0.15, -0.1) is 0 Å². The highest BCUT2D eigenvalue weighted by Gasteiger charge is 2.38. The Balaban J connectivity index is 6.39. The van der Waals surface area contributed by atoms with Crippen LogP contribution in [0.25, 0.3) is 0 Å². The molecule has 522 valence electrons. The van der Waals surface area contributed by atoms with Crippen molar-refractivity contribution < 1.29 is 107 Å². The van der Waals surface area contributed by atoms with Crippen molar-refractivity contribution in [2.24, 2.45) is 23.5 Å². The minimum atomic E-state index is -1.99. The summed E-state index contributed by atoms with van der Waals surface area (Å²) in [5.41, 5.74) is 5.65. The number of carbonyl (C=O) groups excluding carboxylic acids is 12. The van der Waals surface area contributed by atoms with Gasteiger partial charge >= 0.3 is 23.9 Å². The number of aliphatic carboxylic acids is 4. The van der Waals surface area contributed by atoms with Crippen molar-refractivity contribution in [3.8, 4) is 0 Å². The summed E-state index contributed by atoms with van der Waals surface area (Å²) in [4.78, 5) is 208. The van der Waals surface area contributed by atoms with E-state index < -0.39 is 229 Å². The molecule has 0 heterocycles. The summed E-state index contributed by atoms with van der Waals surface area (Å²) in [7, 11) is 0. The third-order valence-corrected chi connectivity index (χ3v) is 15.0. The van der Waals surface area contributed by atoms with E-state index in [1.165, 1.54) is 39.5 Å². The van der Waals surface area contributed by atoms with E-state index in [2.05, 4.69) is 83.7 Å². The van der Waals surface area contributed by atoms with E-state index in [9.17, 15) is 107 Å². The van der Waals surface area contributed by atoms with E-state index in [4.69, 9.17) is 5.73 Å². The Morgan fingerprint density at radius 3 is 1.32 bits per heavy atom. The van der Waals surface area contributed by atoms with E-state index in [1.807, 2.05) is 5.32 Å². The van der Waals surface area contributed by atoms with Crippen LogP contribution in [0, 0.1) is 17.8 Å². The highest BCUT2D eigenvalue weighted by atomic mass is 32.2. The summed E-state index contributed by atoms with van der Waals surface area (Å²) in [5, 5.41) is 86.1. The maximum Gasteiger partial charge on any atom is 0.326 e. The lowest BCUT2D eigenvalue weighted by Crippen LogP contribution is -2.63. The maximum absolute atomic E-state index is 14.0. The number of aliphatic hydroxyl groups excluding tert-OH is 2. The Morgan fingerprint density at radius 1 is 0.446 bits per heavy atom. The predicted molar refractivity (Wildman–Crippen MR) is 335 cm³/mol. The smallest absolute Gasteiger partial charge is 0.326 e. The second-order valence-corrected chi connectivity index (χ2v) is 24.0. The fraction of sp³-hybridized carbons (Fsp3) is 0.704. The first-order valence-corrected chi connectivity index (χ1v) is 31.7. The molecule has 0 spiro atoms. The zero-order valence-electron chi connectivity index (χ0n) is 52.7. The van der Waals surface area contributed by atoms with Gasteiger partial charge in [-0.1, -0.05) is 48.0 Å². The number of carboxylic acids is 4. The molecule has 0 bridgehead atoms. The standard InChI is InChI=1S/C54H91N13O22S3/c1-11-24(6)40(50(84)56-19-35(70)58-31(17-37(73)74)47(81)61-32(18-38(75)76)48(82)62-33(54(88)89)16-22(2)3)65-51(85)39(23(4)5)64-46(80)29(12-13-36(71)72)59-43(77)25(7)57-45(79)30(14-15-92-10)60-49(83)34(21-91)63-52(86)41(26(8)68)67-53(87)42(27(9)69)66-44(78)28(55)20-90/h22-34,39-42,68-69,90-91H,11-21,55H2,1-10H3,(H,56,84)(H,57,79)(H,58,70)(H,59,77)(H,60,83)(H,61,81)(H,62,82)(H,63,86)(H,64,80)(H,65,85)(H,66,78)(H,67,87)(H,71,72)(H,73,74)(H,75,76)(H,88,89)/t24-,25-,26+,27+,28-,29-,30-,31-,32-,33-,34-,39-,40-,41-,42-/m0/s1. The molecule has 0 aliphatic rings. The van der Waals surface area contributed by atoms with Crippen molar-refractivity contribution in [1.82, 2.24) is 63.8 Å². The van der Waals surface area contributed by atoms with Gasteiger partial charge in [0.15, 0.2) is 0 Å². The number of nitrogens with one attached hydrogen (secondary N) is 12. The van der Waals surface area contributed by atoms with Crippen LogP contribution in [0.1, 0.15) is 107 Å². The number of rotatable bonds is 44. The van der Waals surface area contributed by atoms with Crippen LogP contribution in [-0.4, -0.2) is 240 Å². The zero-order valence-corrected chi connectivity index (χ0v) is 55.3. The van der Waals surface area contributed by atoms with Crippen molar-refractivity contribution in [3.63, 3.8) is 0 Å².